The van der Waals surface area contributed by atoms with Crippen LogP contribution in [0.3, 0.4) is 0 Å². The molecule has 5 rings (SSSR count). The Morgan fingerprint density at radius 2 is 1.54 bits per heavy atom. The van der Waals surface area contributed by atoms with E-state index in [4.69, 9.17) is 9.47 Å². The number of pyridine rings is 1. The lowest BCUT2D eigenvalue weighted by atomic mass is 9.83. The van der Waals surface area contributed by atoms with Crippen molar-refractivity contribution in [3.63, 3.8) is 0 Å². The average Bonchev–Trinajstić information content (AvgIpc) is 3.70. The highest BCUT2D eigenvalue weighted by molar-refractivity contribution is 6.38. The number of nitrogens with one attached hydrogen (secondary N) is 4. The number of amides is 5. The van der Waals surface area contributed by atoms with Crippen LogP contribution in [0.15, 0.2) is 85.1 Å². The van der Waals surface area contributed by atoms with Crippen LogP contribution >= 0.6 is 0 Å². The molecule has 5 atom stereocenters. The highest BCUT2D eigenvalue weighted by atomic mass is 16.5. The molecular formula is C45H58N6O8. The van der Waals surface area contributed by atoms with Gasteiger partial charge in [-0.2, -0.15) is 0 Å². The van der Waals surface area contributed by atoms with Gasteiger partial charge in [-0.05, 0) is 54.4 Å². The third-order valence-corrected chi connectivity index (χ3v) is 10.7. The maximum Gasteiger partial charge on any atom is 0.407 e. The summed E-state index contributed by atoms with van der Waals surface area (Å²) >= 11 is 0. The summed E-state index contributed by atoms with van der Waals surface area (Å²) in [5.74, 6) is -3.59. The van der Waals surface area contributed by atoms with Gasteiger partial charge in [-0.3, -0.25) is 29.0 Å². The number of nitrogens with zero attached hydrogens (tertiary/aromatic N) is 2. The van der Waals surface area contributed by atoms with E-state index in [0.717, 1.165) is 43.2 Å². The lowest BCUT2D eigenvalue weighted by Crippen LogP contribution is -2.58. The highest BCUT2D eigenvalue weighted by Gasteiger charge is 2.45. The van der Waals surface area contributed by atoms with Gasteiger partial charge in [0.25, 0.3) is 5.91 Å². The zero-order valence-corrected chi connectivity index (χ0v) is 34.3. The first-order chi connectivity index (χ1) is 28.5. The minimum Gasteiger partial charge on any atom is -0.449 e. The number of aromatic nitrogens is 1. The lowest BCUT2D eigenvalue weighted by molar-refractivity contribution is -0.143. The van der Waals surface area contributed by atoms with Crippen molar-refractivity contribution >= 4 is 35.5 Å². The van der Waals surface area contributed by atoms with Gasteiger partial charge in [-0.25, -0.2) is 4.79 Å². The first-order valence-electron chi connectivity index (χ1n) is 20.8. The Bertz CT molecular complexity index is 1800. The molecule has 1 saturated carbocycles. The molecule has 14 heteroatoms. The Hall–Kier alpha value is -5.63. The molecule has 2 heterocycles. The first kappa shape index (κ1) is 44.5. The summed E-state index contributed by atoms with van der Waals surface area (Å²) in [7, 11) is 0. The number of carbonyl (C=O) groups is 6. The van der Waals surface area contributed by atoms with Gasteiger partial charge in [0.1, 0.15) is 12.1 Å². The number of benzene rings is 2. The van der Waals surface area contributed by atoms with Crippen molar-refractivity contribution in [1.82, 2.24) is 31.2 Å². The average molecular weight is 811 g/mol. The molecule has 5 amide bonds. The number of alkyl carbamates (subject to hydrolysis) is 1. The van der Waals surface area contributed by atoms with E-state index in [1.807, 2.05) is 87.5 Å². The van der Waals surface area contributed by atoms with Gasteiger partial charge >= 0.3 is 6.09 Å². The molecule has 316 valence electrons. The summed E-state index contributed by atoms with van der Waals surface area (Å²) in [4.78, 5) is 87.6. The van der Waals surface area contributed by atoms with Crippen LogP contribution in [0.2, 0.25) is 0 Å². The van der Waals surface area contributed by atoms with Crippen molar-refractivity contribution in [3.8, 4) is 0 Å². The van der Waals surface area contributed by atoms with Crippen LogP contribution < -0.4 is 21.3 Å². The number of carbonyl (C=O) groups excluding carboxylic acids is 6. The number of ketones is 1. The molecule has 2 aromatic carbocycles. The van der Waals surface area contributed by atoms with E-state index in [-0.39, 0.29) is 44.4 Å². The maximum absolute atomic E-state index is 14.6. The van der Waals surface area contributed by atoms with Gasteiger partial charge in [-0.1, -0.05) is 113 Å². The highest BCUT2D eigenvalue weighted by Crippen LogP contribution is 2.30. The molecule has 14 nitrogen and oxygen atoms in total. The summed E-state index contributed by atoms with van der Waals surface area (Å²) < 4.78 is 11.7. The van der Waals surface area contributed by atoms with E-state index in [0.29, 0.717) is 12.1 Å². The van der Waals surface area contributed by atoms with Crippen LogP contribution in [-0.4, -0.2) is 89.3 Å². The largest absolute Gasteiger partial charge is 0.449 e. The molecular weight excluding hydrogens is 753 g/mol. The minimum absolute atomic E-state index is 0.0835. The molecule has 2 fully saturated rings. The van der Waals surface area contributed by atoms with Gasteiger partial charge in [0, 0.05) is 19.2 Å². The fourth-order valence-corrected chi connectivity index (χ4v) is 7.60. The van der Waals surface area contributed by atoms with Crippen LogP contribution in [0.4, 0.5) is 4.79 Å². The topological polar surface area (TPSA) is 185 Å². The van der Waals surface area contributed by atoms with Crippen molar-refractivity contribution in [2.75, 3.05) is 19.7 Å². The summed E-state index contributed by atoms with van der Waals surface area (Å²) in [6.45, 7) is 5.69. The zero-order chi connectivity index (χ0) is 42.1. The van der Waals surface area contributed by atoms with Crippen LogP contribution in [-0.2, 0) is 40.1 Å². The summed E-state index contributed by atoms with van der Waals surface area (Å²) in [5.41, 5.74) is 2.31. The minimum atomic E-state index is -1.22. The normalized spacial score (nSPS) is 18.3. The third kappa shape index (κ3) is 13.2. The van der Waals surface area contributed by atoms with E-state index in [2.05, 4.69) is 26.3 Å². The Morgan fingerprint density at radius 1 is 0.847 bits per heavy atom. The molecule has 0 bridgehead atoms. The molecule has 59 heavy (non-hydrogen) atoms. The SMILES string of the molecule is CCCC(NC(=O)C1CC(OCc2ccccc2)CN1C(=O)C(NC(=O)OCC(C)C)C1CCCCC1)C(=O)C(=O)NCC(=O)NC(c1ccccc1)c1ccccn1. The van der Waals surface area contributed by atoms with Gasteiger partial charge in [0.2, 0.25) is 23.5 Å². The predicted molar refractivity (Wildman–Crippen MR) is 220 cm³/mol. The second-order valence-corrected chi connectivity index (χ2v) is 15.7. The molecule has 0 spiro atoms. The van der Waals surface area contributed by atoms with E-state index < -0.39 is 72.3 Å². The fourth-order valence-electron chi connectivity index (χ4n) is 7.60. The van der Waals surface area contributed by atoms with Crippen molar-refractivity contribution in [1.29, 1.82) is 0 Å². The number of hydrogen-bond donors (Lipinski definition) is 4. The Kier molecular flexibility index (Phi) is 17.0. The van der Waals surface area contributed by atoms with Crippen molar-refractivity contribution in [2.45, 2.75) is 109 Å². The Labute approximate surface area is 346 Å². The molecule has 4 N–H and O–H groups in total. The molecule has 1 aliphatic heterocycles. The van der Waals surface area contributed by atoms with E-state index in [1.54, 1.807) is 18.3 Å². The molecule has 2 aliphatic rings. The van der Waals surface area contributed by atoms with Gasteiger partial charge in [0.15, 0.2) is 0 Å². The number of ether oxygens (including phenoxy) is 2. The van der Waals surface area contributed by atoms with E-state index in [1.165, 1.54) is 4.90 Å². The third-order valence-electron chi connectivity index (χ3n) is 10.7. The maximum atomic E-state index is 14.6. The van der Waals surface area contributed by atoms with Crippen LogP contribution in [0, 0.1) is 11.8 Å². The van der Waals surface area contributed by atoms with Crippen molar-refractivity contribution in [3.05, 3.63) is 102 Å². The molecule has 0 radical (unpaired) electrons. The first-order valence-corrected chi connectivity index (χ1v) is 20.8. The monoisotopic (exact) mass is 810 g/mol. The number of likely N-dealkylation sites (tertiary alicyclic amines) is 1. The van der Waals surface area contributed by atoms with Gasteiger partial charge in [-0.15, -0.1) is 0 Å². The lowest BCUT2D eigenvalue weighted by Gasteiger charge is -2.34. The fraction of sp³-hybridized carbons (Fsp3) is 0.489. The van der Waals surface area contributed by atoms with E-state index >= 15 is 0 Å². The summed E-state index contributed by atoms with van der Waals surface area (Å²) in [5, 5.41) is 10.9. The Morgan fingerprint density at radius 3 is 2.20 bits per heavy atom. The number of rotatable bonds is 19. The number of Topliss-reactive ketones (excluding diaryl/α,β-unsaturated/α-hetero) is 1. The van der Waals surface area contributed by atoms with Crippen molar-refractivity contribution < 1.29 is 38.2 Å². The zero-order valence-electron chi connectivity index (χ0n) is 34.3. The smallest absolute Gasteiger partial charge is 0.407 e. The second-order valence-electron chi connectivity index (χ2n) is 15.7. The summed E-state index contributed by atoms with van der Waals surface area (Å²) in [6, 6.07) is 20.4. The molecule has 5 unspecified atom stereocenters. The van der Waals surface area contributed by atoms with Crippen molar-refractivity contribution in [2.24, 2.45) is 11.8 Å². The predicted octanol–water partition coefficient (Wildman–Crippen LogP) is 4.77. The standard InChI is InChI=1S/C45H58N6O8/c1-4-16-36(41(53)43(55)47-26-38(52)49-39(32-19-10-6-11-20-32)35-23-14-15-24-46-35)48-42(54)37-25-34(58-29-31-17-8-5-9-18-31)27-51(37)44(56)40(33-21-12-7-13-22-33)50-45(57)59-28-30(2)3/h5-6,8-11,14-15,17-20,23-24,30,33-34,36-37,39-40H,4,7,12-13,16,21-22,25-29H2,1-3H3,(H,47,55)(H,48,54)(H,49,52)(H,50,57). The second kappa shape index (κ2) is 22.5. The van der Waals surface area contributed by atoms with E-state index in [9.17, 15) is 28.8 Å². The molecule has 3 aromatic rings. The quantitative estimate of drug-likeness (QED) is 0.124. The molecule has 1 saturated heterocycles. The van der Waals surface area contributed by atoms with Gasteiger partial charge < -0.3 is 35.6 Å². The molecule has 1 aromatic heterocycles. The summed E-state index contributed by atoms with van der Waals surface area (Å²) in [6.07, 6.45) is 5.45. The van der Waals surface area contributed by atoms with Crippen LogP contribution in [0.1, 0.15) is 95.0 Å². The Balaban J connectivity index is 1.28. The van der Waals surface area contributed by atoms with Crippen LogP contribution in [0.5, 0.6) is 0 Å². The number of hydrogen-bond acceptors (Lipinski definition) is 9. The van der Waals surface area contributed by atoms with Crippen LogP contribution in [0.25, 0.3) is 0 Å². The molecule has 1 aliphatic carbocycles. The van der Waals surface area contributed by atoms with Gasteiger partial charge in [0.05, 0.1) is 43.6 Å².